The van der Waals surface area contributed by atoms with Crippen LogP contribution in [0, 0.1) is 10.1 Å². The van der Waals surface area contributed by atoms with E-state index in [0.717, 1.165) is 6.07 Å². The predicted octanol–water partition coefficient (Wildman–Crippen LogP) is 2.94. The lowest BCUT2D eigenvalue weighted by Gasteiger charge is -2.03. The molecule has 0 aliphatic rings. The van der Waals surface area contributed by atoms with Gasteiger partial charge >= 0.3 is 0 Å². The Morgan fingerprint density at radius 3 is 2.71 bits per heavy atom. The highest BCUT2D eigenvalue weighted by Gasteiger charge is 2.17. The maximum atomic E-state index is 12.1. The number of halogens is 1. The second-order valence-corrected chi connectivity index (χ2v) is 5.23. The van der Waals surface area contributed by atoms with Gasteiger partial charge in [-0.3, -0.25) is 19.9 Å². The summed E-state index contributed by atoms with van der Waals surface area (Å²) in [6.45, 7) is 0. The van der Waals surface area contributed by atoms with E-state index in [9.17, 15) is 20.0 Å². The Kier molecular flexibility index (Phi) is 3.97. The average molecular weight is 345 g/mol. The molecule has 1 aromatic carbocycles. The molecule has 0 bridgehead atoms. The Morgan fingerprint density at radius 1 is 1.33 bits per heavy atom. The van der Waals surface area contributed by atoms with Crippen molar-refractivity contribution in [2.75, 3.05) is 0 Å². The molecule has 2 N–H and O–H groups in total. The molecular weight excluding hydrogens is 336 g/mol. The lowest BCUT2D eigenvalue weighted by Crippen LogP contribution is -2.13. The van der Waals surface area contributed by atoms with Gasteiger partial charge in [-0.15, -0.1) is 0 Å². The van der Waals surface area contributed by atoms with Crippen molar-refractivity contribution < 1.29 is 10.0 Å². The number of hydrogen-bond acceptors (Lipinski definition) is 6. The van der Waals surface area contributed by atoms with Crippen LogP contribution in [0.3, 0.4) is 0 Å². The molecule has 0 spiro atoms. The fourth-order valence-electron chi connectivity index (χ4n) is 2.13. The van der Waals surface area contributed by atoms with Crippen LogP contribution in [0.5, 0.6) is 0 Å². The van der Waals surface area contributed by atoms with Crippen LogP contribution in [-0.2, 0) is 0 Å². The second kappa shape index (κ2) is 6.09. The maximum Gasteiger partial charge on any atom is 0.296 e. The average Bonchev–Trinajstić information content (AvgIpc) is 2.56. The zero-order valence-corrected chi connectivity index (χ0v) is 12.7. The van der Waals surface area contributed by atoms with Gasteiger partial charge in [-0.05, 0) is 18.2 Å². The van der Waals surface area contributed by atoms with Gasteiger partial charge in [-0.1, -0.05) is 11.6 Å². The van der Waals surface area contributed by atoms with E-state index in [4.69, 9.17) is 11.6 Å². The van der Waals surface area contributed by atoms with Crippen LogP contribution in [0.4, 0.5) is 5.69 Å². The molecule has 0 aliphatic carbocycles. The van der Waals surface area contributed by atoms with Crippen LogP contribution in [0.15, 0.2) is 41.5 Å². The van der Waals surface area contributed by atoms with E-state index in [1.54, 1.807) is 12.1 Å². The molecule has 0 amide bonds. The fraction of sp³-hybridized carbons (Fsp3) is 0. The van der Waals surface area contributed by atoms with Crippen molar-refractivity contribution in [3.8, 4) is 0 Å². The molecule has 2 aromatic heterocycles. The maximum absolute atomic E-state index is 12.1. The highest BCUT2D eigenvalue weighted by Crippen LogP contribution is 2.26. The standard InChI is InChI=1S/C15H9ClN4O4/c16-9-5-10-14(12(6-9)20(23)24)19-15(22)11(18-10)7-13(21)8-1-3-17-4-2-8/h1-7,21H,(H,19,22). The molecule has 9 heteroatoms. The second-order valence-electron chi connectivity index (χ2n) is 4.79. The largest absolute Gasteiger partial charge is 0.507 e. The first-order valence-electron chi connectivity index (χ1n) is 6.65. The molecule has 3 rings (SSSR count). The monoisotopic (exact) mass is 344 g/mol. The molecule has 0 saturated heterocycles. The van der Waals surface area contributed by atoms with Crippen molar-refractivity contribution in [1.82, 2.24) is 15.0 Å². The molecule has 8 nitrogen and oxygen atoms in total. The first-order chi connectivity index (χ1) is 11.5. The van der Waals surface area contributed by atoms with Crippen LogP contribution >= 0.6 is 11.6 Å². The molecule has 3 aromatic rings. The van der Waals surface area contributed by atoms with Crippen LogP contribution < -0.4 is 5.56 Å². The summed E-state index contributed by atoms with van der Waals surface area (Å²) < 4.78 is 0. The van der Waals surface area contributed by atoms with E-state index in [1.165, 1.54) is 24.5 Å². The highest BCUT2D eigenvalue weighted by molar-refractivity contribution is 6.31. The molecule has 0 aliphatic heterocycles. The third-order valence-electron chi connectivity index (χ3n) is 3.22. The lowest BCUT2D eigenvalue weighted by molar-refractivity contribution is -0.383. The number of pyridine rings is 1. The van der Waals surface area contributed by atoms with Gasteiger partial charge in [0.15, 0.2) is 0 Å². The quantitative estimate of drug-likeness (QED) is 0.428. The van der Waals surface area contributed by atoms with Gasteiger partial charge in [0.25, 0.3) is 11.2 Å². The number of nitrogens with one attached hydrogen (secondary N) is 1. The smallest absolute Gasteiger partial charge is 0.296 e. The van der Waals surface area contributed by atoms with Crippen LogP contribution in [-0.4, -0.2) is 25.0 Å². The van der Waals surface area contributed by atoms with Gasteiger partial charge in [0.2, 0.25) is 0 Å². The first kappa shape index (κ1) is 15.6. The SMILES string of the molecule is O=c1[nH]c2c([N+](=O)[O-])cc(Cl)cc2nc1C=C(O)c1ccncc1. The number of nitrogens with zero attached hydrogens (tertiary/aromatic N) is 3. The number of nitro benzene ring substituents is 1. The Balaban J connectivity index is 2.19. The summed E-state index contributed by atoms with van der Waals surface area (Å²) in [6, 6.07) is 5.64. The first-order valence-corrected chi connectivity index (χ1v) is 7.02. The lowest BCUT2D eigenvalue weighted by atomic mass is 10.2. The minimum absolute atomic E-state index is 0.0325. The zero-order chi connectivity index (χ0) is 17.3. The Morgan fingerprint density at radius 2 is 2.04 bits per heavy atom. The van der Waals surface area contributed by atoms with Gasteiger partial charge in [-0.25, -0.2) is 4.98 Å². The summed E-state index contributed by atoms with van der Waals surface area (Å²) in [7, 11) is 0. The van der Waals surface area contributed by atoms with Crippen molar-refractivity contribution >= 4 is 40.2 Å². The Bertz CT molecular complexity index is 1030. The number of rotatable bonds is 3. The van der Waals surface area contributed by atoms with Crippen LogP contribution in [0.1, 0.15) is 11.3 Å². The van der Waals surface area contributed by atoms with E-state index < -0.39 is 10.5 Å². The molecule has 0 fully saturated rings. The number of benzene rings is 1. The number of non-ortho nitro benzene ring substituents is 1. The van der Waals surface area contributed by atoms with E-state index in [2.05, 4.69) is 15.0 Å². The summed E-state index contributed by atoms with van der Waals surface area (Å²) in [5.74, 6) is -0.189. The highest BCUT2D eigenvalue weighted by atomic mass is 35.5. The minimum Gasteiger partial charge on any atom is -0.507 e. The van der Waals surface area contributed by atoms with Gasteiger partial charge in [0, 0.05) is 35.1 Å². The molecule has 120 valence electrons. The van der Waals surface area contributed by atoms with E-state index in [0.29, 0.717) is 5.56 Å². The normalized spacial score (nSPS) is 11.6. The molecule has 2 heterocycles. The zero-order valence-electron chi connectivity index (χ0n) is 11.9. The van der Waals surface area contributed by atoms with Crippen molar-refractivity contribution in [2.24, 2.45) is 0 Å². The summed E-state index contributed by atoms with van der Waals surface area (Å²) >= 11 is 5.85. The summed E-state index contributed by atoms with van der Waals surface area (Å²) in [5.41, 5.74) is -0.571. The molecule has 0 saturated carbocycles. The van der Waals surface area contributed by atoms with Crippen molar-refractivity contribution in [3.63, 3.8) is 0 Å². The van der Waals surface area contributed by atoms with E-state index >= 15 is 0 Å². The Labute approximate surface area is 139 Å². The molecule has 0 atom stereocenters. The van der Waals surface area contributed by atoms with E-state index in [-0.39, 0.29) is 33.2 Å². The van der Waals surface area contributed by atoms with Crippen LogP contribution in [0.25, 0.3) is 22.9 Å². The number of aliphatic hydroxyl groups is 1. The molecule has 24 heavy (non-hydrogen) atoms. The number of nitro groups is 1. The summed E-state index contributed by atoms with van der Waals surface area (Å²) in [4.78, 5) is 32.8. The van der Waals surface area contributed by atoms with Crippen LogP contribution in [0.2, 0.25) is 5.02 Å². The van der Waals surface area contributed by atoms with Gasteiger partial charge in [0.05, 0.1) is 10.4 Å². The third kappa shape index (κ3) is 2.95. The number of fused-ring (bicyclic) bond motifs is 1. The van der Waals surface area contributed by atoms with Gasteiger partial charge in [-0.2, -0.15) is 0 Å². The molecular formula is C15H9ClN4O4. The number of H-pyrrole nitrogens is 1. The number of aromatic amines is 1. The molecule has 0 radical (unpaired) electrons. The molecule has 0 unspecified atom stereocenters. The summed E-state index contributed by atoms with van der Waals surface area (Å²) in [5, 5.41) is 21.3. The number of aromatic nitrogens is 3. The Hall–Kier alpha value is -3.26. The predicted molar refractivity (Wildman–Crippen MR) is 88.8 cm³/mol. The minimum atomic E-state index is -0.673. The topological polar surface area (TPSA) is 122 Å². The van der Waals surface area contributed by atoms with Crippen molar-refractivity contribution in [2.45, 2.75) is 0 Å². The number of hydrogen-bond donors (Lipinski definition) is 2. The van der Waals surface area contributed by atoms with Gasteiger partial charge in [0.1, 0.15) is 17.0 Å². The third-order valence-corrected chi connectivity index (χ3v) is 3.44. The number of aliphatic hydroxyl groups excluding tert-OH is 1. The summed E-state index contributed by atoms with van der Waals surface area (Å²) in [6.07, 6.45) is 4.14. The fourth-order valence-corrected chi connectivity index (χ4v) is 2.34. The van der Waals surface area contributed by atoms with Crippen molar-refractivity contribution in [1.29, 1.82) is 0 Å². The van der Waals surface area contributed by atoms with Crippen molar-refractivity contribution in [3.05, 3.63) is 73.4 Å². The van der Waals surface area contributed by atoms with Gasteiger partial charge < -0.3 is 10.1 Å². The van der Waals surface area contributed by atoms with E-state index in [1.807, 2.05) is 0 Å².